The van der Waals surface area contributed by atoms with Crippen LogP contribution in [-0.4, -0.2) is 37.7 Å². The van der Waals surface area contributed by atoms with Crippen molar-refractivity contribution in [3.05, 3.63) is 29.8 Å². The minimum atomic E-state index is 0.625. The zero-order valence-corrected chi connectivity index (χ0v) is 12.6. The molecule has 19 heavy (non-hydrogen) atoms. The van der Waals surface area contributed by atoms with Crippen LogP contribution in [0.4, 0.5) is 0 Å². The van der Waals surface area contributed by atoms with Gasteiger partial charge in [-0.25, -0.2) is 0 Å². The van der Waals surface area contributed by atoms with Crippen molar-refractivity contribution >= 4 is 0 Å². The van der Waals surface area contributed by atoms with E-state index >= 15 is 0 Å². The lowest BCUT2D eigenvalue weighted by Gasteiger charge is -2.24. The first-order valence-electron chi connectivity index (χ1n) is 7.29. The van der Waals surface area contributed by atoms with Crippen LogP contribution in [0.25, 0.3) is 0 Å². The molecule has 1 aromatic rings. The van der Waals surface area contributed by atoms with Crippen molar-refractivity contribution in [1.29, 1.82) is 0 Å². The highest BCUT2D eigenvalue weighted by Gasteiger charge is 2.07. The summed E-state index contributed by atoms with van der Waals surface area (Å²) in [6, 6.07) is 8.86. The second kappa shape index (κ2) is 8.94. The summed E-state index contributed by atoms with van der Waals surface area (Å²) in [6.45, 7) is 6.89. The fourth-order valence-electron chi connectivity index (χ4n) is 2.09. The maximum absolute atomic E-state index is 5.77. The predicted molar refractivity (Wildman–Crippen MR) is 81.7 cm³/mol. The minimum Gasteiger partial charge on any atom is -0.492 e. The van der Waals surface area contributed by atoms with Crippen LogP contribution in [-0.2, 0) is 6.42 Å². The lowest BCUT2D eigenvalue weighted by atomic mass is 10.1. The minimum absolute atomic E-state index is 0.625. The fourth-order valence-corrected chi connectivity index (χ4v) is 2.09. The number of benzene rings is 1. The Hall–Kier alpha value is -1.06. The van der Waals surface area contributed by atoms with Crippen LogP contribution in [0, 0.1) is 0 Å². The number of nitrogens with two attached hydrogens (primary N) is 1. The van der Waals surface area contributed by atoms with E-state index in [0.29, 0.717) is 12.6 Å². The van der Waals surface area contributed by atoms with E-state index in [9.17, 15) is 0 Å². The monoisotopic (exact) mass is 264 g/mol. The summed E-state index contributed by atoms with van der Waals surface area (Å²) in [7, 11) is 2.16. The molecular formula is C16H28N2O. The van der Waals surface area contributed by atoms with Crippen LogP contribution in [0.5, 0.6) is 5.75 Å². The molecule has 0 aromatic heterocycles. The molecule has 2 N–H and O–H groups in total. The molecule has 3 nitrogen and oxygen atoms in total. The van der Waals surface area contributed by atoms with Crippen molar-refractivity contribution < 1.29 is 4.74 Å². The largest absolute Gasteiger partial charge is 0.492 e. The fraction of sp³-hybridized carbons (Fsp3) is 0.625. The van der Waals surface area contributed by atoms with Gasteiger partial charge in [0.15, 0.2) is 0 Å². The number of rotatable bonds is 9. The third-order valence-corrected chi connectivity index (χ3v) is 3.53. The predicted octanol–water partition coefficient (Wildman–Crippen LogP) is 2.69. The molecule has 1 unspecified atom stereocenters. The van der Waals surface area contributed by atoms with Gasteiger partial charge in [0, 0.05) is 12.6 Å². The van der Waals surface area contributed by atoms with Crippen molar-refractivity contribution in [2.45, 2.75) is 39.2 Å². The second-order valence-electron chi connectivity index (χ2n) is 5.15. The number of ether oxygens (including phenoxy) is 1. The molecule has 0 radical (unpaired) electrons. The van der Waals surface area contributed by atoms with Gasteiger partial charge in [-0.05, 0) is 51.1 Å². The summed E-state index contributed by atoms with van der Waals surface area (Å²) in [5, 5.41) is 0. The molecule has 0 aliphatic heterocycles. The van der Waals surface area contributed by atoms with Gasteiger partial charge in [-0.1, -0.05) is 25.5 Å². The van der Waals surface area contributed by atoms with Gasteiger partial charge >= 0.3 is 0 Å². The van der Waals surface area contributed by atoms with Crippen LogP contribution in [0.2, 0.25) is 0 Å². The standard InChI is InChI=1S/C16H28N2O/c1-4-5-14(2)18(3)12-13-19-16-8-6-15(7-9-16)10-11-17/h6-9,14H,4-5,10-13,17H2,1-3H3. The van der Waals surface area contributed by atoms with Gasteiger partial charge < -0.3 is 15.4 Å². The van der Waals surface area contributed by atoms with Gasteiger partial charge in [0.1, 0.15) is 12.4 Å². The summed E-state index contributed by atoms with van der Waals surface area (Å²) >= 11 is 0. The van der Waals surface area contributed by atoms with E-state index in [4.69, 9.17) is 10.5 Å². The molecule has 1 rings (SSSR count). The Labute approximate surface area is 117 Å². The molecule has 0 heterocycles. The molecule has 3 heteroatoms. The summed E-state index contributed by atoms with van der Waals surface area (Å²) in [4.78, 5) is 2.35. The van der Waals surface area contributed by atoms with E-state index in [1.165, 1.54) is 18.4 Å². The van der Waals surface area contributed by atoms with Crippen molar-refractivity contribution in [3.8, 4) is 5.75 Å². The van der Waals surface area contributed by atoms with E-state index in [2.05, 4.69) is 37.9 Å². The number of likely N-dealkylation sites (N-methyl/N-ethyl adjacent to an activating group) is 1. The number of nitrogens with zero attached hydrogens (tertiary/aromatic N) is 1. The molecule has 0 bridgehead atoms. The Morgan fingerprint density at radius 3 is 2.53 bits per heavy atom. The van der Waals surface area contributed by atoms with Gasteiger partial charge in [-0.3, -0.25) is 0 Å². The van der Waals surface area contributed by atoms with Crippen LogP contribution >= 0.6 is 0 Å². The number of hydrogen-bond donors (Lipinski definition) is 1. The Balaban J connectivity index is 2.28. The van der Waals surface area contributed by atoms with E-state index in [1.807, 2.05) is 12.1 Å². The van der Waals surface area contributed by atoms with Crippen molar-refractivity contribution in [1.82, 2.24) is 4.90 Å². The highest BCUT2D eigenvalue weighted by atomic mass is 16.5. The zero-order chi connectivity index (χ0) is 14.1. The van der Waals surface area contributed by atoms with Crippen molar-refractivity contribution in [2.24, 2.45) is 5.73 Å². The maximum atomic E-state index is 5.77. The molecule has 0 fully saturated rings. The Morgan fingerprint density at radius 1 is 1.26 bits per heavy atom. The summed E-state index contributed by atoms with van der Waals surface area (Å²) in [5.41, 5.74) is 6.80. The summed E-state index contributed by atoms with van der Waals surface area (Å²) in [5.74, 6) is 0.942. The molecule has 0 saturated carbocycles. The van der Waals surface area contributed by atoms with Gasteiger partial charge in [0.05, 0.1) is 0 Å². The zero-order valence-electron chi connectivity index (χ0n) is 12.6. The number of hydrogen-bond acceptors (Lipinski definition) is 3. The lowest BCUT2D eigenvalue weighted by molar-refractivity contribution is 0.193. The van der Waals surface area contributed by atoms with Crippen LogP contribution in [0.15, 0.2) is 24.3 Å². The van der Waals surface area contributed by atoms with E-state index in [-0.39, 0.29) is 0 Å². The Morgan fingerprint density at radius 2 is 1.95 bits per heavy atom. The quantitative estimate of drug-likeness (QED) is 0.745. The molecule has 0 spiro atoms. The first-order chi connectivity index (χ1) is 9.17. The highest BCUT2D eigenvalue weighted by molar-refractivity contribution is 5.27. The van der Waals surface area contributed by atoms with Crippen LogP contribution < -0.4 is 10.5 Å². The molecular weight excluding hydrogens is 236 g/mol. The average molecular weight is 264 g/mol. The Kier molecular flexibility index (Phi) is 7.53. The highest BCUT2D eigenvalue weighted by Crippen LogP contribution is 2.12. The summed E-state index contributed by atoms with van der Waals surface area (Å²) in [6.07, 6.45) is 3.40. The van der Waals surface area contributed by atoms with Crippen molar-refractivity contribution in [3.63, 3.8) is 0 Å². The Bertz CT molecular complexity index is 337. The molecule has 0 amide bonds. The first-order valence-corrected chi connectivity index (χ1v) is 7.29. The average Bonchev–Trinajstić information content (AvgIpc) is 2.41. The molecule has 0 aliphatic carbocycles. The van der Waals surface area contributed by atoms with E-state index in [0.717, 1.165) is 25.3 Å². The van der Waals surface area contributed by atoms with Gasteiger partial charge in [0.2, 0.25) is 0 Å². The van der Waals surface area contributed by atoms with Crippen LogP contribution in [0.3, 0.4) is 0 Å². The van der Waals surface area contributed by atoms with E-state index < -0.39 is 0 Å². The molecule has 1 atom stereocenters. The molecule has 108 valence electrons. The molecule has 0 saturated heterocycles. The summed E-state index contributed by atoms with van der Waals surface area (Å²) < 4.78 is 5.77. The molecule has 0 aliphatic rings. The topological polar surface area (TPSA) is 38.5 Å². The SMILES string of the molecule is CCCC(C)N(C)CCOc1ccc(CCN)cc1. The second-order valence-corrected chi connectivity index (χ2v) is 5.15. The smallest absolute Gasteiger partial charge is 0.119 e. The van der Waals surface area contributed by atoms with Gasteiger partial charge in [-0.2, -0.15) is 0 Å². The third-order valence-electron chi connectivity index (χ3n) is 3.53. The lowest BCUT2D eigenvalue weighted by Crippen LogP contribution is -2.32. The van der Waals surface area contributed by atoms with E-state index in [1.54, 1.807) is 0 Å². The van der Waals surface area contributed by atoms with Gasteiger partial charge in [-0.15, -0.1) is 0 Å². The normalized spacial score (nSPS) is 12.7. The first kappa shape index (κ1) is 16.0. The molecule has 1 aromatic carbocycles. The van der Waals surface area contributed by atoms with Crippen molar-refractivity contribution in [2.75, 3.05) is 26.7 Å². The van der Waals surface area contributed by atoms with Crippen LogP contribution in [0.1, 0.15) is 32.3 Å². The third kappa shape index (κ3) is 6.08. The maximum Gasteiger partial charge on any atom is 0.119 e. The van der Waals surface area contributed by atoms with Gasteiger partial charge in [0.25, 0.3) is 0 Å².